The fraction of sp³-hybridized carbons (Fsp3) is 0.750. The minimum atomic E-state index is -0.903. The van der Waals surface area contributed by atoms with E-state index in [4.69, 9.17) is 9.47 Å². The molecule has 0 heterocycles. The summed E-state index contributed by atoms with van der Waals surface area (Å²) in [5.41, 5.74) is 0. The third-order valence-corrected chi connectivity index (χ3v) is 1.32. The van der Waals surface area contributed by atoms with E-state index >= 15 is 0 Å². The van der Waals surface area contributed by atoms with E-state index in [1.165, 1.54) is 7.11 Å². The number of carbonyl (C=O) groups excluding carboxylic acids is 2. The molecule has 0 bridgehead atoms. The first-order chi connectivity index (χ1) is 5.52. The van der Waals surface area contributed by atoms with E-state index in [1.54, 1.807) is 13.8 Å². The number of ether oxygens (including phenoxy) is 2. The number of aldehydes is 1. The van der Waals surface area contributed by atoms with Crippen LogP contribution in [0.5, 0.6) is 0 Å². The molecule has 4 nitrogen and oxygen atoms in total. The van der Waals surface area contributed by atoms with Gasteiger partial charge in [-0.25, -0.2) is 0 Å². The molecule has 0 amide bonds. The molecule has 0 aromatic rings. The van der Waals surface area contributed by atoms with Crippen LogP contribution < -0.4 is 0 Å². The summed E-state index contributed by atoms with van der Waals surface area (Å²) >= 11 is 0. The Labute approximate surface area is 71.8 Å². The second-order valence-corrected chi connectivity index (χ2v) is 2.78. The molecule has 0 saturated heterocycles. The summed E-state index contributed by atoms with van der Waals surface area (Å²) in [4.78, 5) is 20.8. The van der Waals surface area contributed by atoms with E-state index in [1.807, 2.05) is 0 Å². The zero-order valence-corrected chi connectivity index (χ0v) is 7.62. The summed E-state index contributed by atoms with van der Waals surface area (Å²) in [7, 11) is 1.45. The van der Waals surface area contributed by atoms with Crippen LogP contribution in [0.15, 0.2) is 0 Å². The van der Waals surface area contributed by atoms with Crippen molar-refractivity contribution in [1.82, 2.24) is 0 Å². The molecular weight excluding hydrogens is 160 g/mol. The van der Waals surface area contributed by atoms with Crippen molar-refractivity contribution in [3.8, 4) is 0 Å². The van der Waals surface area contributed by atoms with Crippen LogP contribution in [-0.2, 0) is 19.1 Å². The SMILES string of the molecule is COC(C)(C)OC(=O)CCC=O. The molecule has 12 heavy (non-hydrogen) atoms. The van der Waals surface area contributed by atoms with Crippen LogP contribution in [0.4, 0.5) is 0 Å². The fourth-order valence-corrected chi connectivity index (χ4v) is 0.544. The monoisotopic (exact) mass is 174 g/mol. The van der Waals surface area contributed by atoms with E-state index in [0.717, 1.165) is 0 Å². The molecule has 0 N–H and O–H groups in total. The molecule has 0 saturated carbocycles. The molecular formula is C8H14O4. The normalized spacial score (nSPS) is 10.9. The molecule has 0 fully saturated rings. The number of hydrogen-bond acceptors (Lipinski definition) is 4. The molecule has 0 aromatic carbocycles. The highest BCUT2D eigenvalue weighted by Gasteiger charge is 2.20. The first-order valence-corrected chi connectivity index (χ1v) is 3.72. The Morgan fingerprint density at radius 2 is 2.08 bits per heavy atom. The van der Waals surface area contributed by atoms with E-state index in [0.29, 0.717) is 6.29 Å². The van der Waals surface area contributed by atoms with Crippen molar-refractivity contribution in [3.63, 3.8) is 0 Å². The minimum absolute atomic E-state index is 0.107. The molecule has 0 aliphatic heterocycles. The maximum atomic E-state index is 10.9. The van der Waals surface area contributed by atoms with Crippen molar-refractivity contribution in [3.05, 3.63) is 0 Å². The molecule has 0 aliphatic carbocycles. The summed E-state index contributed by atoms with van der Waals surface area (Å²) in [6, 6.07) is 0. The predicted molar refractivity (Wildman–Crippen MR) is 42.5 cm³/mol. The Morgan fingerprint density at radius 1 is 1.50 bits per heavy atom. The maximum Gasteiger partial charge on any atom is 0.308 e. The van der Waals surface area contributed by atoms with Crippen LogP contribution in [0, 0.1) is 0 Å². The number of esters is 1. The standard InChI is InChI=1S/C8H14O4/c1-8(2,11-3)12-7(10)5-4-6-9/h6H,4-5H2,1-3H3. The molecule has 0 aromatic heterocycles. The van der Waals surface area contributed by atoms with Crippen LogP contribution in [0.3, 0.4) is 0 Å². The molecule has 0 radical (unpaired) electrons. The second-order valence-electron chi connectivity index (χ2n) is 2.78. The highest BCUT2D eigenvalue weighted by molar-refractivity contribution is 5.72. The molecule has 0 rings (SSSR count). The number of methoxy groups -OCH3 is 1. The second kappa shape index (κ2) is 4.87. The third kappa shape index (κ3) is 4.85. The first-order valence-electron chi connectivity index (χ1n) is 3.72. The van der Waals surface area contributed by atoms with Gasteiger partial charge < -0.3 is 14.3 Å². The topological polar surface area (TPSA) is 52.6 Å². The minimum Gasteiger partial charge on any atom is -0.434 e. The Morgan fingerprint density at radius 3 is 2.50 bits per heavy atom. The van der Waals surface area contributed by atoms with E-state index < -0.39 is 11.8 Å². The highest BCUT2D eigenvalue weighted by Crippen LogP contribution is 2.10. The Kier molecular flexibility index (Phi) is 4.51. The summed E-state index contributed by atoms with van der Waals surface area (Å²) in [5, 5.41) is 0. The van der Waals surface area contributed by atoms with Gasteiger partial charge in [-0.1, -0.05) is 0 Å². The van der Waals surface area contributed by atoms with Crippen molar-refractivity contribution in [1.29, 1.82) is 0 Å². The smallest absolute Gasteiger partial charge is 0.308 e. The Bertz CT molecular complexity index is 162. The number of rotatable bonds is 5. The van der Waals surface area contributed by atoms with Gasteiger partial charge in [0.1, 0.15) is 6.29 Å². The number of hydrogen-bond donors (Lipinski definition) is 0. The lowest BCUT2D eigenvalue weighted by Crippen LogP contribution is -2.29. The van der Waals surface area contributed by atoms with Gasteiger partial charge in [0.2, 0.25) is 5.79 Å². The summed E-state index contributed by atoms with van der Waals surface area (Å²) in [6.07, 6.45) is 0.982. The molecule has 0 atom stereocenters. The van der Waals surface area contributed by atoms with Gasteiger partial charge in [0.15, 0.2) is 0 Å². The van der Waals surface area contributed by atoms with E-state index in [9.17, 15) is 9.59 Å². The Hall–Kier alpha value is -0.900. The molecule has 0 aliphatic rings. The van der Waals surface area contributed by atoms with E-state index in [2.05, 4.69) is 0 Å². The Balaban J connectivity index is 3.75. The zero-order chi connectivity index (χ0) is 9.61. The van der Waals surface area contributed by atoms with Crippen molar-refractivity contribution in [2.24, 2.45) is 0 Å². The first kappa shape index (κ1) is 11.1. The molecule has 70 valence electrons. The van der Waals surface area contributed by atoms with Gasteiger partial charge in [0, 0.05) is 27.4 Å². The van der Waals surface area contributed by atoms with E-state index in [-0.39, 0.29) is 12.8 Å². The summed E-state index contributed by atoms with van der Waals surface area (Å²) < 4.78 is 9.73. The average Bonchev–Trinajstić information content (AvgIpc) is 2.00. The molecule has 4 heteroatoms. The van der Waals surface area contributed by atoms with Crippen molar-refractivity contribution < 1.29 is 19.1 Å². The summed E-state index contributed by atoms with van der Waals surface area (Å²) in [6.45, 7) is 3.26. The lowest BCUT2D eigenvalue weighted by molar-refractivity contribution is -0.205. The lowest BCUT2D eigenvalue weighted by Gasteiger charge is -2.22. The van der Waals surface area contributed by atoms with Gasteiger partial charge >= 0.3 is 5.97 Å². The zero-order valence-electron chi connectivity index (χ0n) is 7.62. The van der Waals surface area contributed by atoms with Crippen LogP contribution in [0.1, 0.15) is 26.7 Å². The lowest BCUT2D eigenvalue weighted by atomic mass is 10.3. The van der Waals surface area contributed by atoms with Crippen LogP contribution >= 0.6 is 0 Å². The van der Waals surface area contributed by atoms with Crippen LogP contribution in [0.25, 0.3) is 0 Å². The van der Waals surface area contributed by atoms with Gasteiger partial charge in [0.05, 0.1) is 6.42 Å². The molecule has 0 unspecified atom stereocenters. The summed E-state index contributed by atoms with van der Waals surface area (Å²) in [5.74, 6) is -1.33. The van der Waals surface area contributed by atoms with Crippen molar-refractivity contribution >= 4 is 12.3 Å². The predicted octanol–water partition coefficient (Wildman–Crippen LogP) is 0.891. The van der Waals surface area contributed by atoms with Gasteiger partial charge in [-0.3, -0.25) is 4.79 Å². The van der Waals surface area contributed by atoms with Crippen molar-refractivity contribution in [2.75, 3.05) is 7.11 Å². The van der Waals surface area contributed by atoms with Crippen LogP contribution in [-0.4, -0.2) is 25.2 Å². The van der Waals surface area contributed by atoms with Gasteiger partial charge in [-0.2, -0.15) is 0 Å². The fourth-order valence-electron chi connectivity index (χ4n) is 0.544. The van der Waals surface area contributed by atoms with Gasteiger partial charge in [-0.15, -0.1) is 0 Å². The van der Waals surface area contributed by atoms with Crippen molar-refractivity contribution in [2.45, 2.75) is 32.5 Å². The largest absolute Gasteiger partial charge is 0.434 e. The quantitative estimate of drug-likeness (QED) is 0.353. The highest BCUT2D eigenvalue weighted by atomic mass is 16.7. The molecule has 0 spiro atoms. The van der Waals surface area contributed by atoms with Gasteiger partial charge in [0.25, 0.3) is 0 Å². The maximum absolute atomic E-state index is 10.9. The average molecular weight is 174 g/mol. The van der Waals surface area contributed by atoms with Crippen LogP contribution in [0.2, 0.25) is 0 Å². The van der Waals surface area contributed by atoms with Gasteiger partial charge in [-0.05, 0) is 0 Å². The third-order valence-electron chi connectivity index (χ3n) is 1.32. The number of carbonyl (C=O) groups is 2.